The van der Waals surface area contributed by atoms with Gasteiger partial charge in [0.1, 0.15) is 5.56 Å². The van der Waals surface area contributed by atoms with Crippen LogP contribution in [0.3, 0.4) is 0 Å². The first-order valence-electron chi connectivity index (χ1n) is 7.93. The largest absolute Gasteiger partial charge is 0.493 e. The van der Waals surface area contributed by atoms with E-state index < -0.39 is 4.92 Å². The Morgan fingerprint density at radius 1 is 1.44 bits per heavy atom. The number of nitrogens with zero attached hydrogens (tertiary/aromatic N) is 2. The Labute approximate surface area is 152 Å². The zero-order chi connectivity index (χ0) is 17.9. The van der Waals surface area contributed by atoms with E-state index in [0.717, 1.165) is 6.42 Å². The summed E-state index contributed by atoms with van der Waals surface area (Å²) in [6, 6.07) is 2.62. The molecule has 0 radical (unpaired) electrons. The van der Waals surface area contributed by atoms with E-state index in [0.29, 0.717) is 25.4 Å². The number of carbonyl (C=O) groups excluding carboxylic acids is 1. The number of nitro benzene ring substituents is 1. The van der Waals surface area contributed by atoms with Crippen molar-refractivity contribution in [2.75, 3.05) is 26.8 Å². The number of amides is 1. The second-order valence-corrected chi connectivity index (χ2v) is 5.85. The standard InChI is InChI=1S/C16H23N3O5.ClH/c1-4-24-15-7-13(19(21)22)12(6-14(15)23-3)16(20)18-9-11(8-17)5-10(18)2;/h6-7,10-11H,4-5,8-9,17H2,1-3H3;1H. The summed E-state index contributed by atoms with van der Waals surface area (Å²) in [5, 5.41) is 11.4. The fourth-order valence-corrected chi connectivity index (χ4v) is 3.05. The van der Waals surface area contributed by atoms with Crippen molar-refractivity contribution in [2.45, 2.75) is 26.3 Å². The van der Waals surface area contributed by atoms with Gasteiger partial charge >= 0.3 is 0 Å². The summed E-state index contributed by atoms with van der Waals surface area (Å²) in [5.41, 5.74) is 5.41. The lowest BCUT2D eigenvalue weighted by atomic mass is 10.1. The molecule has 8 nitrogen and oxygen atoms in total. The highest BCUT2D eigenvalue weighted by atomic mass is 35.5. The predicted molar refractivity (Wildman–Crippen MR) is 95.7 cm³/mol. The van der Waals surface area contributed by atoms with Crippen molar-refractivity contribution in [3.8, 4) is 11.5 Å². The fourth-order valence-electron chi connectivity index (χ4n) is 3.05. The lowest BCUT2D eigenvalue weighted by molar-refractivity contribution is -0.385. The van der Waals surface area contributed by atoms with E-state index in [1.165, 1.54) is 19.2 Å². The van der Waals surface area contributed by atoms with Gasteiger partial charge in [0, 0.05) is 18.7 Å². The molecule has 140 valence electrons. The van der Waals surface area contributed by atoms with Gasteiger partial charge in [0.2, 0.25) is 0 Å². The smallest absolute Gasteiger partial charge is 0.286 e. The van der Waals surface area contributed by atoms with Gasteiger partial charge in [0.25, 0.3) is 11.6 Å². The number of ether oxygens (including phenoxy) is 2. The van der Waals surface area contributed by atoms with Gasteiger partial charge in [-0.15, -0.1) is 12.4 Å². The van der Waals surface area contributed by atoms with Gasteiger partial charge in [-0.05, 0) is 32.7 Å². The molecule has 0 bridgehead atoms. The van der Waals surface area contributed by atoms with Crippen LogP contribution in [-0.2, 0) is 0 Å². The third kappa shape index (κ3) is 4.32. The van der Waals surface area contributed by atoms with Crippen molar-refractivity contribution in [2.24, 2.45) is 11.7 Å². The topological polar surface area (TPSA) is 108 Å². The average molecular weight is 374 g/mol. The number of halogens is 1. The fraction of sp³-hybridized carbons (Fsp3) is 0.562. The first-order chi connectivity index (χ1) is 11.4. The number of hydrogen-bond acceptors (Lipinski definition) is 6. The molecule has 2 atom stereocenters. The van der Waals surface area contributed by atoms with Crippen LogP contribution in [0.1, 0.15) is 30.6 Å². The summed E-state index contributed by atoms with van der Waals surface area (Å²) >= 11 is 0. The lowest BCUT2D eigenvalue weighted by Gasteiger charge is -2.22. The summed E-state index contributed by atoms with van der Waals surface area (Å²) in [5.74, 6) is 0.379. The number of nitro groups is 1. The Kier molecular flexibility index (Phi) is 7.44. The van der Waals surface area contributed by atoms with E-state index in [-0.39, 0.29) is 47.3 Å². The summed E-state index contributed by atoms with van der Waals surface area (Å²) in [7, 11) is 1.43. The van der Waals surface area contributed by atoms with E-state index in [2.05, 4.69) is 0 Å². The number of carbonyl (C=O) groups is 1. The lowest BCUT2D eigenvalue weighted by Crippen LogP contribution is -2.34. The van der Waals surface area contributed by atoms with Crippen molar-refractivity contribution in [3.05, 3.63) is 27.8 Å². The Balaban J connectivity index is 0.00000312. The van der Waals surface area contributed by atoms with Gasteiger partial charge < -0.3 is 20.1 Å². The molecule has 1 amide bonds. The predicted octanol–water partition coefficient (Wildman–Crippen LogP) is 2.23. The average Bonchev–Trinajstić information content (AvgIpc) is 2.95. The van der Waals surface area contributed by atoms with E-state index >= 15 is 0 Å². The number of benzene rings is 1. The van der Waals surface area contributed by atoms with Crippen LogP contribution in [0.15, 0.2) is 12.1 Å². The summed E-state index contributed by atoms with van der Waals surface area (Å²) in [6.07, 6.45) is 0.796. The molecule has 1 saturated heterocycles. The maximum Gasteiger partial charge on any atom is 0.286 e. The molecule has 1 heterocycles. The number of nitrogens with two attached hydrogens (primary N) is 1. The number of rotatable bonds is 6. The van der Waals surface area contributed by atoms with E-state index in [4.69, 9.17) is 15.2 Å². The molecular formula is C16H24ClN3O5. The molecule has 1 aromatic carbocycles. The number of methoxy groups -OCH3 is 1. The van der Waals surface area contributed by atoms with Crippen molar-refractivity contribution in [1.82, 2.24) is 4.90 Å². The van der Waals surface area contributed by atoms with E-state index in [1.807, 2.05) is 6.92 Å². The van der Waals surface area contributed by atoms with Crippen LogP contribution in [0, 0.1) is 16.0 Å². The first kappa shape index (κ1) is 21.0. The second-order valence-electron chi connectivity index (χ2n) is 5.85. The number of hydrogen-bond donors (Lipinski definition) is 1. The molecule has 0 spiro atoms. The van der Waals surface area contributed by atoms with Crippen LogP contribution in [0.25, 0.3) is 0 Å². The molecule has 2 unspecified atom stereocenters. The van der Waals surface area contributed by atoms with Gasteiger partial charge in [0.15, 0.2) is 11.5 Å². The van der Waals surface area contributed by atoms with Crippen LogP contribution in [-0.4, -0.2) is 48.6 Å². The van der Waals surface area contributed by atoms with Crippen LogP contribution in [0.5, 0.6) is 11.5 Å². The van der Waals surface area contributed by atoms with E-state index in [1.54, 1.807) is 11.8 Å². The third-order valence-corrected chi connectivity index (χ3v) is 4.26. The summed E-state index contributed by atoms with van der Waals surface area (Å²) in [4.78, 5) is 25.3. The molecule has 0 saturated carbocycles. The molecule has 9 heteroatoms. The van der Waals surface area contributed by atoms with Gasteiger partial charge in [-0.2, -0.15) is 0 Å². The third-order valence-electron chi connectivity index (χ3n) is 4.26. The van der Waals surface area contributed by atoms with Crippen LogP contribution >= 0.6 is 12.4 Å². The van der Waals surface area contributed by atoms with Crippen molar-refractivity contribution >= 4 is 24.0 Å². The van der Waals surface area contributed by atoms with Crippen molar-refractivity contribution < 1.29 is 19.2 Å². The zero-order valence-electron chi connectivity index (χ0n) is 14.6. The summed E-state index contributed by atoms with van der Waals surface area (Å²) < 4.78 is 10.6. The molecular weight excluding hydrogens is 350 g/mol. The molecule has 1 aromatic rings. The van der Waals surface area contributed by atoms with Crippen molar-refractivity contribution in [1.29, 1.82) is 0 Å². The molecule has 1 aliphatic rings. The monoisotopic (exact) mass is 373 g/mol. The summed E-state index contributed by atoms with van der Waals surface area (Å²) in [6.45, 7) is 5.02. The number of likely N-dealkylation sites (tertiary alicyclic amines) is 1. The highest BCUT2D eigenvalue weighted by Crippen LogP contribution is 2.36. The molecule has 1 fully saturated rings. The van der Waals surface area contributed by atoms with Gasteiger partial charge in [-0.1, -0.05) is 0 Å². The molecule has 1 aliphatic heterocycles. The molecule has 2 N–H and O–H groups in total. The minimum absolute atomic E-state index is 0. The second kappa shape index (κ2) is 8.87. The van der Waals surface area contributed by atoms with Gasteiger partial charge in [0.05, 0.1) is 24.7 Å². The van der Waals surface area contributed by atoms with Gasteiger partial charge in [-0.3, -0.25) is 14.9 Å². The quantitative estimate of drug-likeness (QED) is 0.605. The maximum absolute atomic E-state index is 12.9. The van der Waals surface area contributed by atoms with E-state index in [9.17, 15) is 14.9 Å². The zero-order valence-corrected chi connectivity index (χ0v) is 15.4. The maximum atomic E-state index is 12.9. The first-order valence-corrected chi connectivity index (χ1v) is 7.93. The SMILES string of the molecule is CCOc1cc([N+](=O)[O-])c(C(=O)N2CC(CN)CC2C)cc1OC.Cl. The van der Waals surface area contributed by atoms with Gasteiger partial charge in [-0.25, -0.2) is 0 Å². The van der Waals surface area contributed by atoms with Crippen molar-refractivity contribution in [3.63, 3.8) is 0 Å². The highest BCUT2D eigenvalue weighted by molar-refractivity contribution is 5.99. The highest BCUT2D eigenvalue weighted by Gasteiger charge is 2.35. The Hall–Kier alpha value is -2.06. The molecule has 0 aliphatic carbocycles. The van der Waals surface area contributed by atoms with Crippen LogP contribution < -0.4 is 15.2 Å². The van der Waals surface area contributed by atoms with Crippen LogP contribution in [0.4, 0.5) is 5.69 Å². The molecule has 0 aromatic heterocycles. The Bertz CT molecular complexity index is 640. The Morgan fingerprint density at radius 2 is 2.12 bits per heavy atom. The minimum Gasteiger partial charge on any atom is -0.493 e. The van der Waals surface area contributed by atoms with Crippen LogP contribution in [0.2, 0.25) is 0 Å². The molecule has 2 rings (SSSR count). The normalized spacial score (nSPS) is 19.3. The molecule has 25 heavy (non-hydrogen) atoms. The Morgan fingerprint density at radius 3 is 2.60 bits per heavy atom. The minimum atomic E-state index is -0.573.